The Morgan fingerprint density at radius 1 is 1.18 bits per heavy atom. The molecule has 7 nitrogen and oxygen atoms in total. The third kappa shape index (κ3) is 1.32. The van der Waals surface area contributed by atoms with E-state index in [0.717, 1.165) is 43.8 Å². The smallest absolute Gasteiger partial charge is 0.199 e. The summed E-state index contributed by atoms with van der Waals surface area (Å²) in [5.74, 6) is 2.50. The van der Waals surface area contributed by atoms with Gasteiger partial charge in [-0.25, -0.2) is 0 Å². The molecule has 2 aromatic rings. The van der Waals surface area contributed by atoms with Gasteiger partial charge in [-0.05, 0) is 22.3 Å². The largest absolute Gasteiger partial charge is 0.354 e. The first-order valence-electron chi connectivity index (χ1n) is 5.89. The van der Waals surface area contributed by atoms with Crippen LogP contribution in [0.15, 0.2) is 12.4 Å². The fourth-order valence-electron chi connectivity index (χ4n) is 2.92. The average molecular weight is 231 g/mol. The molecular formula is C10H13N7. The molecule has 2 aliphatic rings. The van der Waals surface area contributed by atoms with Crippen molar-refractivity contribution in [3.63, 3.8) is 0 Å². The zero-order chi connectivity index (χ0) is 11.2. The second kappa shape index (κ2) is 3.36. The van der Waals surface area contributed by atoms with E-state index in [1.165, 1.54) is 0 Å². The molecule has 0 unspecified atom stereocenters. The number of hydrogen-bond acceptors (Lipinski definition) is 6. The SMILES string of the molecule is c1ncc2nnnn2c1N1C[C@H]2CNC[C@H]2C1. The topological polar surface area (TPSA) is 71.2 Å². The van der Waals surface area contributed by atoms with Gasteiger partial charge in [0.05, 0.1) is 12.4 Å². The zero-order valence-electron chi connectivity index (χ0n) is 9.32. The Kier molecular flexibility index (Phi) is 1.84. The van der Waals surface area contributed by atoms with E-state index < -0.39 is 0 Å². The minimum absolute atomic E-state index is 0.706. The van der Waals surface area contributed by atoms with Gasteiger partial charge in [0.2, 0.25) is 0 Å². The Morgan fingerprint density at radius 3 is 2.82 bits per heavy atom. The minimum Gasteiger partial charge on any atom is -0.354 e. The van der Waals surface area contributed by atoms with Gasteiger partial charge in [-0.1, -0.05) is 0 Å². The predicted octanol–water partition coefficient (Wildman–Crippen LogP) is -0.825. The summed E-state index contributed by atoms with van der Waals surface area (Å²) in [6.07, 6.45) is 3.53. The molecule has 0 aromatic carbocycles. The molecule has 4 rings (SSSR count). The summed E-state index contributed by atoms with van der Waals surface area (Å²) in [6, 6.07) is 0. The van der Waals surface area contributed by atoms with Gasteiger partial charge in [-0.15, -0.1) is 5.10 Å². The summed E-state index contributed by atoms with van der Waals surface area (Å²) >= 11 is 0. The van der Waals surface area contributed by atoms with Gasteiger partial charge in [0.25, 0.3) is 0 Å². The van der Waals surface area contributed by atoms with Crippen molar-refractivity contribution < 1.29 is 0 Å². The lowest BCUT2D eigenvalue weighted by Gasteiger charge is -2.19. The van der Waals surface area contributed by atoms with Crippen LogP contribution in [0.1, 0.15) is 0 Å². The van der Waals surface area contributed by atoms with Crippen LogP contribution in [0.5, 0.6) is 0 Å². The predicted molar refractivity (Wildman–Crippen MR) is 60.6 cm³/mol. The molecule has 2 aromatic heterocycles. The fourth-order valence-corrected chi connectivity index (χ4v) is 2.92. The molecule has 17 heavy (non-hydrogen) atoms. The number of nitrogens with one attached hydrogen (secondary N) is 1. The van der Waals surface area contributed by atoms with Gasteiger partial charge in [0.15, 0.2) is 11.5 Å². The summed E-state index contributed by atoms with van der Waals surface area (Å²) in [5, 5.41) is 15.1. The third-order valence-electron chi connectivity index (χ3n) is 3.80. The van der Waals surface area contributed by atoms with Crippen LogP contribution in [-0.2, 0) is 0 Å². The lowest BCUT2D eigenvalue weighted by atomic mass is 10.0. The van der Waals surface area contributed by atoms with Crippen molar-refractivity contribution in [1.82, 2.24) is 30.3 Å². The second-order valence-electron chi connectivity index (χ2n) is 4.80. The maximum Gasteiger partial charge on any atom is 0.199 e. The highest BCUT2D eigenvalue weighted by atomic mass is 15.5. The molecule has 2 aliphatic heterocycles. The Morgan fingerprint density at radius 2 is 2.00 bits per heavy atom. The summed E-state index contributed by atoms with van der Waals surface area (Å²) in [5.41, 5.74) is 0.706. The molecule has 2 fully saturated rings. The number of tetrazole rings is 1. The van der Waals surface area contributed by atoms with Crippen LogP contribution < -0.4 is 10.2 Å². The van der Waals surface area contributed by atoms with Gasteiger partial charge >= 0.3 is 0 Å². The molecule has 0 radical (unpaired) electrons. The van der Waals surface area contributed by atoms with E-state index in [9.17, 15) is 0 Å². The molecule has 0 saturated carbocycles. The van der Waals surface area contributed by atoms with Gasteiger partial charge in [-0.3, -0.25) is 4.98 Å². The highest BCUT2D eigenvalue weighted by Gasteiger charge is 2.37. The summed E-state index contributed by atoms with van der Waals surface area (Å²) in [7, 11) is 0. The highest BCUT2D eigenvalue weighted by molar-refractivity contribution is 5.47. The normalized spacial score (nSPS) is 27.9. The van der Waals surface area contributed by atoms with Crippen molar-refractivity contribution in [2.45, 2.75) is 0 Å². The van der Waals surface area contributed by atoms with E-state index in [2.05, 4.69) is 30.7 Å². The zero-order valence-corrected chi connectivity index (χ0v) is 9.32. The molecule has 2 saturated heterocycles. The van der Waals surface area contributed by atoms with Crippen LogP contribution in [0.3, 0.4) is 0 Å². The first-order chi connectivity index (χ1) is 8.42. The van der Waals surface area contributed by atoms with Gasteiger partial charge in [0.1, 0.15) is 0 Å². The lowest BCUT2D eigenvalue weighted by molar-refractivity contribution is 0.533. The van der Waals surface area contributed by atoms with Crippen molar-refractivity contribution in [2.75, 3.05) is 31.1 Å². The molecule has 0 bridgehead atoms. The summed E-state index contributed by atoms with van der Waals surface area (Å²) in [4.78, 5) is 6.54. The minimum atomic E-state index is 0.706. The van der Waals surface area contributed by atoms with E-state index in [1.807, 2.05) is 6.20 Å². The van der Waals surface area contributed by atoms with Crippen molar-refractivity contribution >= 4 is 11.5 Å². The van der Waals surface area contributed by atoms with Crippen LogP contribution in [0, 0.1) is 11.8 Å². The number of anilines is 1. The summed E-state index contributed by atoms with van der Waals surface area (Å²) < 4.78 is 1.77. The molecule has 88 valence electrons. The average Bonchev–Trinajstić information content (AvgIpc) is 3.02. The van der Waals surface area contributed by atoms with E-state index in [0.29, 0.717) is 5.65 Å². The Balaban J connectivity index is 1.73. The maximum atomic E-state index is 4.20. The van der Waals surface area contributed by atoms with E-state index in [1.54, 1.807) is 10.7 Å². The number of fused-ring (bicyclic) bond motifs is 2. The number of hydrogen-bond donors (Lipinski definition) is 1. The van der Waals surface area contributed by atoms with Gasteiger partial charge in [0, 0.05) is 26.2 Å². The molecule has 4 heterocycles. The van der Waals surface area contributed by atoms with Crippen molar-refractivity contribution in [3.8, 4) is 0 Å². The molecule has 1 N–H and O–H groups in total. The van der Waals surface area contributed by atoms with Crippen LogP contribution in [0.4, 0.5) is 5.82 Å². The molecular weight excluding hydrogens is 218 g/mol. The second-order valence-corrected chi connectivity index (χ2v) is 4.80. The van der Waals surface area contributed by atoms with Crippen LogP contribution in [0.25, 0.3) is 5.65 Å². The van der Waals surface area contributed by atoms with Crippen molar-refractivity contribution in [1.29, 1.82) is 0 Å². The first kappa shape index (κ1) is 9.29. The highest BCUT2D eigenvalue weighted by Crippen LogP contribution is 2.29. The fraction of sp³-hybridized carbons (Fsp3) is 0.600. The van der Waals surface area contributed by atoms with Crippen LogP contribution >= 0.6 is 0 Å². The van der Waals surface area contributed by atoms with Crippen molar-refractivity contribution in [2.24, 2.45) is 11.8 Å². The quantitative estimate of drug-likeness (QED) is 0.691. The monoisotopic (exact) mass is 231 g/mol. The standard InChI is InChI=1S/C10H13N7/c1-7-5-16(6-8(7)2-11-1)10-4-12-3-9-13-14-15-17(9)10/h3-4,7-8,11H,1-2,5-6H2/t7-,8+. The molecule has 0 spiro atoms. The van der Waals surface area contributed by atoms with Gasteiger partial charge < -0.3 is 10.2 Å². The van der Waals surface area contributed by atoms with Crippen molar-refractivity contribution in [3.05, 3.63) is 12.4 Å². The molecule has 0 amide bonds. The molecule has 7 heteroatoms. The van der Waals surface area contributed by atoms with Crippen LogP contribution in [-0.4, -0.2) is 51.2 Å². The Hall–Kier alpha value is -1.76. The Bertz CT molecular complexity index is 538. The molecule has 2 atom stereocenters. The number of aromatic nitrogens is 5. The van der Waals surface area contributed by atoms with E-state index >= 15 is 0 Å². The number of nitrogens with zero attached hydrogens (tertiary/aromatic N) is 6. The van der Waals surface area contributed by atoms with E-state index in [-0.39, 0.29) is 0 Å². The molecule has 0 aliphatic carbocycles. The Labute approximate surface area is 97.8 Å². The van der Waals surface area contributed by atoms with Crippen LogP contribution in [0.2, 0.25) is 0 Å². The number of rotatable bonds is 1. The maximum absolute atomic E-state index is 4.20. The lowest BCUT2D eigenvalue weighted by Crippen LogP contribution is -2.27. The van der Waals surface area contributed by atoms with Gasteiger partial charge in [-0.2, -0.15) is 4.52 Å². The summed E-state index contributed by atoms with van der Waals surface area (Å²) in [6.45, 7) is 4.39. The third-order valence-corrected chi connectivity index (χ3v) is 3.80. The van der Waals surface area contributed by atoms with E-state index in [4.69, 9.17) is 0 Å². The first-order valence-corrected chi connectivity index (χ1v) is 5.89.